The van der Waals surface area contributed by atoms with Crippen molar-refractivity contribution in [2.24, 2.45) is 0 Å². The van der Waals surface area contributed by atoms with Gasteiger partial charge in [-0.25, -0.2) is 0 Å². The molecule has 1 amide bonds. The first-order valence-corrected chi connectivity index (χ1v) is 9.56. The van der Waals surface area contributed by atoms with Gasteiger partial charge in [0, 0.05) is 38.4 Å². The molecule has 1 heterocycles. The van der Waals surface area contributed by atoms with E-state index in [1.165, 1.54) is 5.56 Å². The predicted octanol–water partition coefficient (Wildman–Crippen LogP) is 3.52. The lowest BCUT2D eigenvalue weighted by atomic mass is 10.00. The zero-order chi connectivity index (χ0) is 19.4. The van der Waals surface area contributed by atoms with Crippen molar-refractivity contribution in [3.05, 3.63) is 59.2 Å². The van der Waals surface area contributed by atoms with Crippen LogP contribution in [0.3, 0.4) is 0 Å². The number of hydrogen-bond donors (Lipinski definition) is 2. The van der Waals surface area contributed by atoms with Crippen molar-refractivity contribution in [3.8, 4) is 5.75 Å². The van der Waals surface area contributed by atoms with Crippen molar-refractivity contribution < 1.29 is 9.90 Å². The van der Waals surface area contributed by atoms with Gasteiger partial charge in [0.2, 0.25) is 0 Å². The number of hydrogen-bond acceptors (Lipinski definition) is 4. The molecule has 3 rings (SSSR count). The van der Waals surface area contributed by atoms with Gasteiger partial charge in [-0.05, 0) is 48.4 Å². The molecule has 0 saturated carbocycles. The van der Waals surface area contributed by atoms with Crippen LogP contribution >= 0.6 is 0 Å². The molecule has 0 unspecified atom stereocenters. The summed E-state index contributed by atoms with van der Waals surface area (Å²) in [6, 6.07) is 13.2. The van der Waals surface area contributed by atoms with Crippen LogP contribution in [0.5, 0.6) is 5.75 Å². The minimum Gasteiger partial charge on any atom is -0.507 e. The lowest BCUT2D eigenvalue weighted by Crippen LogP contribution is -2.43. The number of aromatic hydroxyl groups is 1. The van der Waals surface area contributed by atoms with Gasteiger partial charge in [-0.2, -0.15) is 0 Å². The molecule has 1 saturated heterocycles. The summed E-state index contributed by atoms with van der Waals surface area (Å²) in [6.45, 7) is 9.43. The first kappa shape index (κ1) is 19.4. The van der Waals surface area contributed by atoms with Crippen molar-refractivity contribution in [2.45, 2.75) is 26.3 Å². The molecule has 0 aromatic heterocycles. The Morgan fingerprint density at radius 3 is 2.37 bits per heavy atom. The average molecular weight is 367 g/mol. The van der Waals surface area contributed by atoms with Gasteiger partial charge in [0.25, 0.3) is 5.91 Å². The minimum atomic E-state index is -0.290. The van der Waals surface area contributed by atoms with Gasteiger partial charge < -0.3 is 15.3 Å². The van der Waals surface area contributed by atoms with Crippen molar-refractivity contribution >= 4 is 11.6 Å². The summed E-state index contributed by atoms with van der Waals surface area (Å²) in [5.74, 6) is 0.0106. The molecule has 27 heavy (non-hydrogen) atoms. The number of carbonyl (C=O) groups is 1. The number of benzene rings is 2. The zero-order valence-electron chi connectivity index (χ0n) is 16.4. The van der Waals surface area contributed by atoms with Gasteiger partial charge in [-0.15, -0.1) is 0 Å². The first-order valence-electron chi connectivity index (χ1n) is 9.56. The van der Waals surface area contributed by atoms with Gasteiger partial charge in [-0.1, -0.05) is 32.0 Å². The summed E-state index contributed by atoms with van der Waals surface area (Å²) in [7, 11) is 2.16. The van der Waals surface area contributed by atoms with Crippen LogP contribution in [0.15, 0.2) is 42.5 Å². The smallest absolute Gasteiger partial charge is 0.259 e. The maximum atomic E-state index is 12.6. The fraction of sp³-hybridized carbons (Fsp3) is 0.409. The third-order valence-corrected chi connectivity index (χ3v) is 5.15. The van der Waals surface area contributed by atoms with E-state index >= 15 is 0 Å². The van der Waals surface area contributed by atoms with Gasteiger partial charge >= 0.3 is 0 Å². The fourth-order valence-electron chi connectivity index (χ4n) is 3.25. The van der Waals surface area contributed by atoms with Gasteiger partial charge in [-0.3, -0.25) is 9.69 Å². The van der Waals surface area contributed by atoms with E-state index in [0.29, 0.717) is 11.5 Å². The van der Waals surface area contributed by atoms with E-state index in [1.54, 1.807) is 12.1 Å². The minimum absolute atomic E-state index is 0.00332. The largest absolute Gasteiger partial charge is 0.507 e. The molecule has 0 radical (unpaired) electrons. The van der Waals surface area contributed by atoms with E-state index in [9.17, 15) is 9.90 Å². The van der Waals surface area contributed by atoms with Crippen LogP contribution in [0.4, 0.5) is 5.69 Å². The van der Waals surface area contributed by atoms with E-state index in [-0.39, 0.29) is 11.7 Å². The van der Waals surface area contributed by atoms with Gasteiger partial charge in [0.15, 0.2) is 0 Å². The van der Waals surface area contributed by atoms with Crippen molar-refractivity contribution in [1.82, 2.24) is 9.80 Å². The number of piperazine rings is 1. The number of likely N-dealkylation sites (N-methyl/N-ethyl adjacent to an activating group) is 1. The highest BCUT2D eigenvalue weighted by molar-refractivity contribution is 6.06. The number of phenols is 1. The van der Waals surface area contributed by atoms with E-state index < -0.39 is 0 Å². The predicted molar refractivity (Wildman–Crippen MR) is 109 cm³/mol. The fourth-order valence-corrected chi connectivity index (χ4v) is 3.25. The van der Waals surface area contributed by atoms with Gasteiger partial charge in [0.05, 0.1) is 5.56 Å². The Morgan fingerprint density at radius 1 is 1.07 bits per heavy atom. The van der Waals surface area contributed by atoms with Crippen molar-refractivity contribution in [3.63, 3.8) is 0 Å². The number of rotatable bonds is 5. The van der Waals surface area contributed by atoms with Crippen LogP contribution in [0.2, 0.25) is 0 Å². The molecule has 5 heteroatoms. The molecule has 2 aromatic carbocycles. The normalized spacial score (nSPS) is 15.9. The quantitative estimate of drug-likeness (QED) is 0.849. The topological polar surface area (TPSA) is 55.8 Å². The van der Waals surface area contributed by atoms with E-state index in [1.807, 2.05) is 18.2 Å². The molecule has 1 aliphatic heterocycles. The molecule has 144 valence electrons. The first-order chi connectivity index (χ1) is 12.9. The Balaban J connectivity index is 1.63. The van der Waals surface area contributed by atoms with Crippen LogP contribution in [-0.2, 0) is 6.54 Å². The zero-order valence-corrected chi connectivity index (χ0v) is 16.4. The third-order valence-electron chi connectivity index (χ3n) is 5.15. The second-order valence-corrected chi connectivity index (χ2v) is 7.66. The number of amides is 1. The Kier molecular flexibility index (Phi) is 6.14. The molecule has 0 atom stereocenters. The summed E-state index contributed by atoms with van der Waals surface area (Å²) >= 11 is 0. The average Bonchev–Trinajstić information content (AvgIpc) is 2.65. The lowest BCUT2D eigenvalue weighted by Gasteiger charge is -2.32. The number of carbonyl (C=O) groups excluding carboxylic acids is 1. The Morgan fingerprint density at radius 2 is 1.74 bits per heavy atom. The molecule has 2 N–H and O–H groups in total. The second kappa shape index (κ2) is 8.55. The summed E-state index contributed by atoms with van der Waals surface area (Å²) in [4.78, 5) is 17.4. The van der Waals surface area contributed by atoms with Crippen LogP contribution in [0, 0.1) is 0 Å². The van der Waals surface area contributed by atoms with Crippen LogP contribution in [0.25, 0.3) is 0 Å². The number of nitrogens with one attached hydrogen (secondary N) is 1. The van der Waals surface area contributed by atoms with Crippen LogP contribution in [-0.4, -0.2) is 54.0 Å². The molecule has 1 aliphatic rings. The van der Waals surface area contributed by atoms with E-state index in [4.69, 9.17) is 0 Å². The maximum Gasteiger partial charge on any atom is 0.259 e. The molecule has 0 bridgehead atoms. The molecular formula is C22H29N3O2. The van der Waals surface area contributed by atoms with Crippen LogP contribution < -0.4 is 5.32 Å². The standard InChI is InChI=1S/C22H29N3O2/c1-16(2)18-6-9-21(26)20(14-18)22(27)23-19-7-4-17(5-8-19)15-25-12-10-24(3)11-13-25/h4-9,14,16,26H,10-13,15H2,1-3H3,(H,23,27). The number of nitrogens with zero attached hydrogens (tertiary/aromatic N) is 2. The Labute approximate surface area is 161 Å². The SMILES string of the molecule is CC(C)c1ccc(O)c(C(=O)Nc2ccc(CN3CCN(C)CC3)cc2)c1. The molecular weight excluding hydrogens is 338 g/mol. The van der Waals surface area contributed by atoms with E-state index in [0.717, 1.165) is 44.0 Å². The summed E-state index contributed by atoms with van der Waals surface area (Å²) < 4.78 is 0. The van der Waals surface area contributed by atoms with E-state index in [2.05, 4.69) is 48.1 Å². The maximum absolute atomic E-state index is 12.6. The molecule has 1 fully saturated rings. The summed E-state index contributed by atoms with van der Waals surface area (Å²) in [5.41, 5.74) is 3.31. The molecule has 5 nitrogen and oxygen atoms in total. The highest BCUT2D eigenvalue weighted by Crippen LogP contribution is 2.24. The highest BCUT2D eigenvalue weighted by atomic mass is 16.3. The molecule has 2 aromatic rings. The lowest BCUT2D eigenvalue weighted by molar-refractivity contribution is 0.102. The van der Waals surface area contributed by atoms with Gasteiger partial charge in [0.1, 0.15) is 5.75 Å². The van der Waals surface area contributed by atoms with Crippen LogP contribution in [0.1, 0.15) is 41.3 Å². The van der Waals surface area contributed by atoms with Crippen molar-refractivity contribution in [1.29, 1.82) is 0 Å². The highest BCUT2D eigenvalue weighted by Gasteiger charge is 2.15. The summed E-state index contributed by atoms with van der Waals surface area (Å²) in [6.07, 6.45) is 0. The second-order valence-electron chi connectivity index (χ2n) is 7.66. The molecule has 0 aliphatic carbocycles. The van der Waals surface area contributed by atoms with Crippen molar-refractivity contribution in [2.75, 3.05) is 38.5 Å². The Bertz CT molecular complexity index is 779. The number of anilines is 1. The monoisotopic (exact) mass is 367 g/mol. The number of phenolic OH excluding ortho intramolecular Hbond substituents is 1. The third kappa shape index (κ3) is 5.08. The molecule has 0 spiro atoms. The Hall–Kier alpha value is -2.37. The summed E-state index contributed by atoms with van der Waals surface area (Å²) in [5, 5.41) is 12.9.